The number of carbonyl (C=O) groups is 1. The summed E-state index contributed by atoms with van der Waals surface area (Å²) in [6.45, 7) is 2.87. The van der Waals surface area contributed by atoms with Gasteiger partial charge < -0.3 is 19.5 Å². The van der Waals surface area contributed by atoms with E-state index in [0.29, 0.717) is 24.3 Å². The second-order valence-corrected chi connectivity index (χ2v) is 7.01. The highest BCUT2D eigenvalue weighted by Gasteiger charge is 2.40. The van der Waals surface area contributed by atoms with Crippen molar-refractivity contribution in [3.8, 4) is 0 Å². The second kappa shape index (κ2) is 6.05. The number of aromatic nitrogens is 1. The molecular formula is C18H19F2N3O3. The number of aromatic carboxylic acids is 1. The second-order valence-electron chi connectivity index (χ2n) is 7.01. The average Bonchev–Trinajstić information content (AvgIpc) is 3.32. The lowest BCUT2D eigenvalue weighted by molar-refractivity contribution is 0.0694. The van der Waals surface area contributed by atoms with Gasteiger partial charge in [0.05, 0.1) is 17.2 Å². The van der Waals surface area contributed by atoms with Crippen LogP contribution in [0.4, 0.5) is 14.5 Å². The molecule has 6 nitrogen and oxygen atoms in total. The molecule has 0 radical (unpaired) electrons. The molecular weight excluding hydrogens is 344 g/mol. The average molecular weight is 363 g/mol. The number of benzene rings is 1. The van der Waals surface area contributed by atoms with Crippen LogP contribution in [0.1, 0.15) is 22.8 Å². The standard InChI is InChI=1S/C18H19F2N3O3/c1-21-2-4-22(5-3-21)15-8-14-10(6-12(15)19)17(24)11(18(25)26)9-23(14)16-7-13(16)20/h6,8-9,13,16H,2-5,7H2,1H3,(H,25,26)/t13-,16-/m1/s1. The van der Waals surface area contributed by atoms with E-state index in [4.69, 9.17) is 0 Å². The van der Waals surface area contributed by atoms with Gasteiger partial charge in [-0.15, -0.1) is 0 Å². The van der Waals surface area contributed by atoms with Gasteiger partial charge in [0.1, 0.15) is 17.6 Å². The Morgan fingerprint density at radius 3 is 2.46 bits per heavy atom. The highest BCUT2D eigenvalue weighted by atomic mass is 19.1. The van der Waals surface area contributed by atoms with Gasteiger partial charge in [-0.1, -0.05) is 0 Å². The summed E-state index contributed by atoms with van der Waals surface area (Å²) in [5.41, 5.74) is -0.481. The van der Waals surface area contributed by atoms with Crippen LogP contribution in [0, 0.1) is 5.82 Å². The first-order chi connectivity index (χ1) is 12.4. The summed E-state index contributed by atoms with van der Waals surface area (Å²) in [5.74, 6) is -1.97. The summed E-state index contributed by atoms with van der Waals surface area (Å²) in [6, 6.07) is 2.12. The smallest absolute Gasteiger partial charge is 0.341 e. The molecule has 2 heterocycles. The number of nitrogens with zero attached hydrogens (tertiary/aromatic N) is 3. The van der Waals surface area contributed by atoms with Gasteiger partial charge in [-0.05, 0) is 19.2 Å². The van der Waals surface area contributed by atoms with Crippen LogP contribution in [0.25, 0.3) is 10.9 Å². The van der Waals surface area contributed by atoms with E-state index in [1.54, 1.807) is 6.07 Å². The maximum atomic E-state index is 14.7. The van der Waals surface area contributed by atoms with E-state index in [1.807, 2.05) is 11.9 Å². The fourth-order valence-corrected chi connectivity index (χ4v) is 3.52. The number of hydrogen-bond donors (Lipinski definition) is 1. The SMILES string of the molecule is CN1CCN(c2cc3c(cc2F)c(=O)c(C(=O)O)cn3[C@@H]2C[C@H]2F)CC1. The van der Waals surface area contributed by atoms with Crippen LogP contribution in [0.3, 0.4) is 0 Å². The topological polar surface area (TPSA) is 65.8 Å². The van der Waals surface area contributed by atoms with Crippen LogP contribution in [-0.2, 0) is 0 Å². The number of rotatable bonds is 3. The summed E-state index contributed by atoms with van der Waals surface area (Å²) < 4.78 is 29.9. The van der Waals surface area contributed by atoms with E-state index in [1.165, 1.54) is 10.8 Å². The highest BCUT2D eigenvalue weighted by Crippen LogP contribution is 2.41. The van der Waals surface area contributed by atoms with Crippen LogP contribution in [0.2, 0.25) is 0 Å². The van der Waals surface area contributed by atoms with Gasteiger partial charge in [-0.3, -0.25) is 4.79 Å². The van der Waals surface area contributed by atoms with E-state index < -0.39 is 35.0 Å². The first-order valence-corrected chi connectivity index (χ1v) is 8.56. The summed E-state index contributed by atoms with van der Waals surface area (Å²) >= 11 is 0. The summed E-state index contributed by atoms with van der Waals surface area (Å²) in [5, 5.41) is 9.23. The van der Waals surface area contributed by atoms with E-state index >= 15 is 0 Å². The molecule has 1 aromatic heterocycles. The fourth-order valence-electron chi connectivity index (χ4n) is 3.52. The van der Waals surface area contributed by atoms with Gasteiger partial charge in [0.15, 0.2) is 0 Å². The Hall–Kier alpha value is -2.48. The van der Waals surface area contributed by atoms with Crippen LogP contribution < -0.4 is 10.3 Å². The van der Waals surface area contributed by atoms with E-state index in [0.717, 1.165) is 19.2 Å². The summed E-state index contributed by atoms with van der Waals surface area (Å²) in [7, 11) is 1.99. The van der Waals surface area contributed by atoms with E-state index in [9.17, 15) is 23.5 Å². The van der Waals surface area contributed by atoms with Gasteiger partial charge in [0.25, 0.3) is 0 Å². The van der Waals surface area contributed by atoms with Crippen LogP contribution in [0.5, 0.6) is 0 Å². The molecule has 1 N–H and O–H groups in total. The number of anilines is 1. The number of hydrogen-bond acceptors (Lipinski definition) is 4. The lowest BCUT2D eigenvalue weighted by atomic mass is 10.1. The van der Waals surface area contributed by atoms with Crippen molar-refractivity contribution in [2.24, 2.45) is 0 Å². The number of piperazine rings is 1. The molecule has 26 heavy (non-hydrogen) atoms. The fraction of sp³-hybridized carbons (Fsp3) is 0.444. The molecule has 2 atom stereocenters. The Morgan fingerprint density at radius 1 is 1.23 bits per heavy atom. The molecule has 2 fully saturated rings. The number of carboxylic acids is 1. The van der Waals surface area contributed by atoms with Gasteiger partial charge in [-0.2, -0.15) is 0 Å². The molecule has 1 aromatic carbocycles. The van der Waals surface area contributed by atoms with Crippen LogP contribution in [-0.4, -0.2) is 59.9 Å². The molecule has 4 rings (SSSR count). The third-order valence-electron chi connectivity index (χ3n) is 5.21. The minimum Gasteiger partial charge on any atom is -0.477 e. The van der Waals surface area contributed by atoms with Crippen molar-refractivity contribution in [1.82, 2.24) is 9.47 Å². The minimum atomic E-state index is -1.40. The number of halogens is 2. The van der Waals surface area contributed by atoms with Crippen molar-refractivity contribution in [2.75, 3.05) is 38.1 Å². The van der Waals surface area contributed by atoms with Crippen molar-refractivity contribution in [2.45, 2.75) is 18.6 Å². The molecule has 2 aromatic rings. The van der Waals surface area contributed by atoms with Crippen LogP contribution in [0.15, 0.2) is 23.1 Å². The van der Waals surface area contributed by atoms with Crippen molar-refractivity contribution >= 4 is 22.6 Å². The van der Waals surface area contributed by atoms with Gasteiger partial charge in [-0.25, -0.2) is 13.6 Å². The quantitative estimate of drug-likeness (QED) is 0.902. The molecule has 138 valence electrons. The number of likely N-dealkylation sites (N-methyl/N-ethyl adjacent to an activating group) is 1. The largest absolute Gasteiger partial charge is 0.477 e. The predicted octanol–water partition coefficient (Wildman–Crippen LogP) is 1.87. The molecule has 0 spiro atoms. The Labute approximate surface area is 148 Å². The Morgan fingerprint density at radius 2 is 1.88 bits per heavy atom. The Bertz CT molecular complexity index is 951. The Balaban J connectivity index is 1.90. The first-order valence-electron chi connectivity index (χ1n) is 8.56. The molecule has 0 amide bonds. The summed E-state index contributed by atoms with van der Waals surface area (Å²) in [6.07, 6.45) is 0.362. The van der Waals surface area contributed by atoms with Gasteiger partial charge in [0, 0.05) is 44.2 Å². The first kappa shape index (κ1) is 17.0. The number of alkyl halides is 1. The molecule has 1 saturated carbocycles. The maximum absolute atomic E-state index is 14.7. The molecule has 1 aliphatic heterocycles. The van der Waals surface area contributed by atoms with Gasteiger partial charge in [0.2, 0.25) is 5.43 Å². The summed E-state index contributed by atoms with van der Waals surface area (Å²) in [4.78, 5) is 27.9. The van der Waals surface area contributed by atoms with E-state index in [2.05, 4.69) is 4.90 Å². The molecule has 1 saturated heterocycles. The zero-order chi connectivity index (χ0) is 18.6. The lowest BCUT2D eigenvalue weighted by Gasteiger charge is -2.34. The number of fused-ring (bicyclic) bond motifs is 1. The Kier molecular flexibility index (Phi) is 3.95. The van der Waals surface area contributed by atoms with Crippen molar-refractivity contribution in [1.29, 1.82) is 0 Å². The number of pyridine rings is 1. The molecule has 1 aliphatic carbocycles. The highest BCUT2D eigenvalue weighted by molar-refractivity contribution is 5.93. The molecule has 2 aliphatic rings. The molecule has 0 unspecified atom stereocenters. The predicted molar refractivity (Wildman–Crippen MR) is 93.4 cm³/mol. The van der Waals surface area contributed by atoms with Crippen molar-refractivity contribution < 1.29 is 18.7 Å². The lowest BCUT2D eigenvalue weighted by Crippen LogP contribution is -2.44. The molecule has 8 heteroatoms. The zero-order valence-corrected chi connectivity index (χ0v) is 14.3. The normalized spacial score (nSPS) is 23.4. The van der Waals surface area contributed by atoms with E-state index in [-0.39, 0.29) is 11.8 Å². The van der Waals surface area contributed by atoms with Crippen molar-refractivity contribution in [3.63, 3.8) is 0 Å². The minimum absolute atomic E-state index is 0.0284. The monoisotopic (exact) mass is 363 g/mol. The third kappa shape index (κ3) is 2.74. The zero-order valence-electron chi connectivity index (χ0n) is 14.3. The number of carboxylic acid groups (broad SMARTS) is 1. The third-order valence-corrected chi connectivity index (χ3v) is 5.21. The molecule has 0 bridgehead atoms. The van der Waals surface area contributed by atoms with Crippen LogP contribution >= 0.6 is 0 Å². The maximum Gasteiger partial charge on any atom is 0.341 e. The van der Waals surface area contributed by atoms with Gasteiger partial charge >= 0.3 is 5.97 Å². The van der Waals surface area contributed by atoms with Crippen molar-refractivity contribution in [3.05, 3.63) is 39.9 Å².